The summed E-state index contributed by atoms with van der Waals surface area (Å²) in [6, 6.07) is 4.33. The molecule has 3 N–H and O–H groups in total. The van der Waals surface area contributed by atoms with Crippen LogP contribution in [0.15, 0.2) is 18.2 Å². The van der Waals surface area contributed by atoms with Crippen LogP contribution < -0.4 is 10.6 Å². The molecule has 1 aromatic rings. The zero-order chi connectivity index (χ0) is 15.3. The number of carbonyl (C=O) groups excluding carboxylic acids is 1. The van der Waals surface area contributed by atoms with Crippen molar-refractivity contribution in [3.05, 3.63) is 29.3 Å². The largest absolute Gasteiger partial charge is 0.478 e. The molecule has 0 bridgehead atoms. The molecule has 0 unspecified atom stereocenters. The number of benzene rings is 1. The molecule has 0 heterocycles. The molecular formula is C14H20N2O4. The van der Waals surface area contributed by atoms with Gasteiger partial charge in [-0.05, 0) is 38.5 Å². The van der Waals surface area contributed by atoms with Gasteiger partial charge in [0.05, 0.1) is 11.2 Å². The van der Waals surface area contributed by atoms with Crippen molar-refractivity contribution in [2.24, 2.45) is 0 Å². The van der Waals surface area contributed by atoms with Crippen molar-refractivity contribution in [2.45, 2.75) is 26.4 Å². The Kier molecular flexibility index (Phi) is 5.10. The molecule has 0 aromatic heterocycles. The number of urea groups is 1. The van der Waals surface area contributed by atoms with Crippen LogP contribution in [0.2, 0.25) is 0 Å². The highest BCUT2D eigenvalue weighted by molar-refractivity contribution is 5.94. The van der Waals surface area contributed by atoms with E-state index in [-0.39, 0.29) is 5.56 Å². The van der Waals surface area contributed by atoms with E-state index < -0.39 is 17.6 Å². The molecule has 0 atom stereocenters. The van der Waals surface area contributed by atoms with Gasteiger partial charge >= 0.3 is 12.0 Å². The lowest BCUT2D eigenvalue weighted by Crippen LogP contribution is -2.41. The van der Waals surface area contributed by atoms with Crippen molar-refractivity contribution in [3.8, 4) is 0 Å². The van der Waals surface area contributed by atoms with E-state index in [1.165, 1.54) is 6.07 Å². The molecule has 110 valence electrons. The number of amides is 2. The zero-order valence-electron chi connectivity index (χ0n) is 12.1. The summed E-state index contributed by atoms with van der Waals surface area (Å²) in [6.45, 7) is 5.74. The molecule has 0 aliphatic rings. The molecule has 0 saturated carbocycles. The quantitative estimate of drug-likeness (QED) is 0.772. The summed E-state index contributed by atoms with van der Waals surface area (Å²) in [4.78, 5) is 22.7. The van der Waals surface area contributed by atoms with Crippen molar-refractivity contribution in [2.75, 3.05) is 19.0 Å². The Bertz CT molecular complexity index is 512. The molecule has 6 nitrogen and oxygen atoms in total. The minimum absolute atomic E-state index is 0.167. The first kappa shape index (κ1) is 16.0. The Morgan fingerprint density at radius 2 is 2.00 bits per heavy atom. The van der Waals surface area contributed by atoms with Crippen molar-refractivity contribution < 1.29 is 19.4 Å². The van der Waals surface area contributed by atoms with E-state index in [0.717, 1.165) is 0 Å². The molecule has 0 saturated heterocycles. The lowest BCUT2D eigenvalue weighted by Gasteiger charge is -2.23. The second kappa shape index (κ2) is 6.38. The number of carboxylic acid groups (broad SMARTS) is 1. The Morgan fingerprint density at radius 1 is 1.35 bits per heavy atom. The maximum absolute atomic E-state index is 11.7. The third-order valence-corrected chi connectivity index (χ3v) is 2.95. The molecule has 20 heavy (non-hydrogen) atoms. The van der Waals surface area contributed by atoms with Gasteiger partial charge in [-0.25, -0.2) is 9.59 Å². The SMILES string of the molecule is COC(C)(C)CNC(=O)Nc1ccc(C)c(C(=O)O)c1. The number of ether oxygens (including phenoxy) is 1. The first-order chi connectivity index (χ1) is 9.25. The van der Waals surface area contributed by atoms with Crippen molar-refractivity contribution >= 4 is 17.7 Å². The van der Waals surface area contributed by atoms with Gasteiger partial charge in [0.25, 0.3) is 0 Å². The van der Waals surface area contributed by atoms with Gasteiger partial charge in [-0.3, -0.25) is 0 Å². The third kappa shape index (κ3) is 4.55. The lowest BCUT2D eigenvalue weighted by molar-refractivity contribution is 0.0257. The van der Waals surface area contributed by atoms with Crippen LogP contribution in [-0.4, -0.2) is 36.4 Å². The standard InChI is InChI=1S/C14H20N2O4/c1-9-5-6-10(7-11(9)12(17)18)16-13(19)15-8-14(2,3)20-4/h5-7H,8H2,1-4H3,(H,17,18)(H2,15,16,19). The molecular weight excluding hydrogens is 260 g/mol. The Hall–Kier alpha value is -2.08. The number of carbonyl (C=O) groups is 2. The predicted molar refractivity (Wildman–Crippen MR) is 76.2 cm³/mol. The van der Waals surface area contributed by atoms with Gasteiger partial charge in [0.2, 0.25) is 0 Å². The van der Waals surface area contributed by atoms with Crippen LogP contribution >= 0.6 is 0 Å². The first-order valence-electron chi connectivity index (χ1n) is 6.19. The number of hydrogen-bond acceptors (Lipinski definition) is 3. The number of anilines is 1. The number of hydrogen-bond donors (Lipinski definition) is 3. The molecule has 0 spiro atoms. The fraction of sp³-hybridized carbons (Fsp3) is 0.429. The Balaban J connectivity index is 2.67. The van der Waals surface area contributed by atoms with E-state index in [9.17, 15) is 9.59 Å². The summed E-state index contributed by atoms with van der Waals surface area (Å²) in [5, 5.41) is 14.3. The lowest BCUT2D eigenvalue weighted by atomic mass is 10.1. The summed E-state index contributed by atoms with van der Waals surface area (Å²) in [7, 11) is 1.57. The first-order valence-corrected chi connectivity index (χ1v) is 6.19. The second-order valence-corrected chi connectivity index (χ2v) is 5.11. The summed E-state index contributed by atoms with van der Waals surface area (Å²) in [5.74, 6) is -1.02. The molecule has 2 amide bonds. The number of aromatic carboxylic acids is 1. The molecule has 1 aromatic carbocycles. The topological polar surface area (TPSA) is 87.7 Å². The van der Waals surface area contributed by atoms with E-state index >= 15 is 0 Å². The smallest absolute Gasteiger partial charge is 0.336 e. The predicted octanol–water partition coefficient (Wildman–Crippen LogP) is 2.24. The van der Waals surface area contributed by atoms with Gasteiger partial charge in [0.1, 0.15) is 0 Å². The maximum Gasteiger partial charge on any atom is 0.336 e. The van der Waals surface area contributed by atoms with Gasteiger partial charge in [-0.15, -0.1) is 0 Å². The van der Waals surface area contributed by atoms with E-state index in [4.69, 9.17) is 9.84 Å². The van der Waals surface area contributed by atoms with E-state index in [1.54, 1.807) is 26.2 Å². The fourth-order valence-electron chi connectivity index (χ4n) is 1.47. The fourth-order valence-corrected chi connectivity index (χ4v) is 1.47. The van der Waals surface area contributed by atoms with Gasteiger partial charge < -0.3 is 20.5 Å². The highest BCUT2D eigenvalue weighted by atomic mass is 16.5. The van der Waals surface area contributed by atoms with E-state index in [0.29, 0.717) is 17.8 Å². The summed E-state index contributed by atoms with van der Waals surface area (Å²) in [6.07, 6.45) is 0. The van der Waals surface area contributed by atoms with Crippen molar-refractivity contribution in [1.29, 1.82) is 0 Å². The number of methoxy groups -OCH3 is 1. The maximum atomic E-state index is 11.7. The van der Waals surface area contributed by atoms with Crippen LogP contribution in [0.4, 0.5) is 10.5 Å². The minimum Gasteiger partial charge on any atom is -0.478 e. The molecule has 0 aliphatic carbocycles. The van der Waals surface area contributed by atoms with Crippen LogP contribution in [-0.2, 0) is 4.74 Å². The number of carboxylic acids is 1. The Labute approximate surface area is 118 Å². The molecule has 1 rings (SSSR count). The average Bonchev–Trinajstić information content (AvgIpc) is 2.38. The number of rotatable bonds is 5. The van der Waals surface area contributed by atoms with Gasteiger partial charge in [0, 0.05) is 19.3 Å². The number of aryl methyl sites for hydroxylation is 1. The van der Waals surface area contributed by atoms with Crippen LogP contribution in [0, 0.1) is 6.92 Å². The number of nitrogens with one attached hydrogen (secondary N) is 2. The minimum atomic E-state index is -1.02. The van der Waals surface area contributed by atoms with Gasteiger partial charge in [-0.1, -0.05) is 6.07 Å². The summed E-state index contributed by atoms with van der Waals surface area (Å²) < 4.78 is 5.18. The summed E-state index contributed by atoms with van der Waals surface area (Å²) in [5.41, 5.74) is 0.779. The second-order valence-electron chi connectivity index (χ2n) is 5.11. The molecule has 0 aliphatic heterocycles. The van der Waals surface area contributed by atoms with Gasteiger partial charge in [0.15, 0.2) is 0 Å². The average molecular weight is 280 g/mol. The van der Waals surface area contributed by atoms with Crippen LogP contribution in [0.25, 0.3) is 0 Å². The van der Waals surface area contributed by atoms with Crippen LogP contribution in [0.5, 0.6) is 0 Å². The normalized spacial score (nSPS) is 11.0. The van der Waals surface area contributed by atoms with Crippen LogP contribution in [0.1, 0.15) is 29.8 Å². The summed E-state index contributed by atoms with van der Waals surface area (Å²) >= 11 is 0. The monoisotopic (exact) mass is 280 g/mol. The molecule has 0 radical (unpaired) electrons. The van der Waals surface area contributed by atoms with Crippen molar-refractivity contribution in [1.82, 2.24) is 5.32 Å². The highest BCUT2D eigenvalue weighted by Gasteiger charge is 2.17. The third-order valence-electron chi connectivity index (χ3n) is 2.95. The highest BCUT2D eigenvalue weighted by Crippen LogP contribution is 2.15. The van der Waals surface area contributed by atoms with E-state index in [2.05, 4.69) is 10.6 Å². The van der Waals surface area contributed by atoms with Crippen molar-refractivity contribution in [3.63, 3.8) is 0 Å². The molecule has 0 fully saturated rings. The van der Waals surface area contributed by atoms with Gasteiger partial charge in [-0.2, -0.15) is 0 Å². The van der Waals surface area contributed by atoms with Crippen LogP contribution in [0.3, 0.4) is 0 Å². The molecule has 6 heteroatoms. The zero-order valence-corrected chi connectivity index (χ0v) is 12.1. The Morgan fingerprint density at radius 3 is 2.55 bits per heavy atom. The van der Waals surface area contributed by atoms with E-state index in [1.807, 2.05) is 13.8 Å².